The van der Waals surface area contributed by atoms with E-state index < -0.39 is 10.0 Å². The van der Waals surface area contributed by atoms with Crippen molar-refractivity contribution in [1.82, 2.24) is 0 Å². The number of benzene rings is 2. The van der Waals surface area contributed by atoms with Gasteiger partial charge in [-0.15, -0.1) is 0 Å². The predicted molar refractivity (Wildman–Crippen MR) is 85.5 cm³/mol. The third-order valence-electron chi connectivity index (χ3n) is 3.32. The Hall–Kier alpha value is -2.36. The number of primary sulfonamides is 1. The van der Waals surface area contributed by atoms with E-state index in [1.54, 1.807) is 13.0 Å². The molecule has 6 heteroatoms. The summed E-state index contributed by atoms with van der Waals surface area (Å²) in [6.45, 7) is 2.22. The number of rotatable bonds is 5. The van der Waals surface area contributed by atoms with Gasteiger partial charge in [0.05, 0.1) is 11.0 Å². The smallest absolute Gasteiger partial charge is 0.238 e. The number of nitrogens with zero attached hydrogens (tertiary/aromatic N) is 2. The molecule has 0 aliphatic carbocycles. The van der Waals surface area contributed by atoms with Crippen LogP contribution in [0.2, 0.25) is 0 Å². The Kier molecular flexibility index (Phi) is 4.81. The molecule has 0 spiro atoms. The molecule has 0 aromatic heterocycles. The second-order valence-corrected chi connectivity index (χ2v) is 6.52. The molecule has 2 rings (SSSR count). The topological polar surface area (TPSA) is 87.2 Å². The van der Waals surface area contributed by atoms with E-state index in [-0.39, 0.29) is 10.9 Å². The molecule has 5 nitrogen and oxygen atoms in total. The average molecular weight is 315 g/mol. The summed E-state index contributed by atoms with van der Waals surface area (Å²) >= 11 is 0. The molecule has 0 fully saturated rings. The van der Waals surface area contributed by atoms with Crippen molar-refractivity contribution in [3.8, 4) is 6.07 Å². The summed E-state index contributed by atoms with van der Waals surface area (Å²) in [5.41, 5.74) is 1.68. The molecule has 0 aliphatic heterocycles. The minimum Gasteiger partial charge on any atom is -0.351 e. The van der Waals surface area contributed by atoms with Crippen LogP contribution in [-0.4, -0.2) is 14.5 Å². The molecule has 1 unspecified atom stereocenters. The predicted octanol–water partition coefficient (Wildman–Crippen LogP) is 2.25. The first-order valence-corrected chi connectivity index (χ1v) is 8.29. The first-order chi connectivity index (χ1) is 10.4. The summed E-state index contributed by atoms with van der Waals surface area (Å²) in [5, 5.41) is 14.4. The Bertz CT molecular complexity index is 783. The molecule has 0 heterocycles. The van der Waals surface area contributed by atoms with Crippen molar-refractivity contribution in [2.75, 3.05) is 4.90 Å². The molecule has 0 aliphatic rings. The molecule has 2 aromatic rings. The maximum absolute atomic E-state index is 11.4. The van der Waals surface area contributed by atoms with Crippen molar-refractivity contribution < 1.29 is 8.42 Å². The van der Waals surface area contributed by atoms with E-state index in [1.807, 2.05) is 41.3 Å². The van der Waals surface area contributed by atoms with Crippen molar-refractivity contribution in [3.05, 3.63) is 60.2 Å². The van der Waals surface area contributed by atoms with Crippen LogP contribution in [-0.2, 0) is 16.6 Å². The average Bonchev–Trinajstić information content (AvgIpc) is 2.52. The lowest BCUT2D eigenvalue weighted by Crippen LogP contribution is -2.31. The second kappa shape index (κ2) is 6.60. The van der Waals surface area contributed by atoms with Crippen LogP contribution in [0.3, 0.4) is 0 Å². The van der Waals surface area contributed by atoms with Crippen molar-refractivity contribution in [3.63, 3.8) is 0 Å². The highest BCUT2D eigenvalue weighted by Gasteiger charge is 2.15. The fourth-order valence-corrected chi connectivity index (χ4v) is 2.74. The van der Waals surface area contributed by atoms with Gasteiger partial charge < -0.3 is 4.90 Å². The minimum atomic E-state index is -3.74. The van der Waals surface area contributed by atoms with E-state index in [0.717, 1.165) is 11.3 Å². The van der Waals surface area contributed by atoms with Crippen LogP contribution in [0, 0.1) is 11.3 Å². The Balaban J connectivity index is 2.35. The Labute approximate surface area is 130 Å². The van der Waals surface area contributed by atoms with E-state index in [2.05, 4.69) is 6.07 Å². The van der Waals surface area contributed by atoms with Crippen molar-refractivity contribution >= 4 is 15.7 Å². The highest BCUT2D eigenvalue weighted by Crippen LogP contribution is 2.20. The quantitative estimate of drug-likeness (QED) is 0.916. The van der Waals surface area contributed by atoms with Gasteiger partial charge in [0.25, 0.3) is 0 Å². The van der Waals surface area contributed by atoms with E-state index in [0.29, 0.717) is 6.54 Å². The molecule has 0 saturated carbocycles. The van der Waals surface area contributed by atoms with Gasteiger partial charge in [0.15, 0.2) is 0 Å². The molecule has 114 valence electrons. The summed E-state index contributed by atoms with van der Waals surface area (Å²) in [4.78, 5) is 1.98. The van der Waals surface area contributed by atoms with Crippen molar-refractivity contribution in [1.29, 1.82) is 5.26 Å². The maximum atomic E-state index is 11.4. The SMILES string of the molecule is CC(C#N)N(Cc1cccc(S(N)(=O)=O)c1)c1ccccc1. The van der Waals surface area contributed by atoms with Gasteiger partial charge in [-0.1, -0.05) is 30.3 Å². The van der Waals surface area contributed by atoms with Crippen LogP contribution in [0.1, 0.15) is 12.5 Å². The molecule has 0 amide bonds. The molecule has 1 atom stereocenters. The normalized spacial score (nSPS) is 12.4. The van der Waals surface area contributed by atoms with Crippen LogP contribution < -0.4 is 10.0 Å². The summed E-state index contributed by atoms with van der Waals surface area (Å²) in [5.74, 6) is 0. The molecule has 0 bridgehead atoms. The van der Waals surface area contributed by atoms with Gasteiger partial charge in [0, 0.05) is 12.2 Å². The summed E-state index contributed by atoms with van der Waals surface area (Å²) in [7, 11) is -3.74. The first kappa shape index (κ1) is 16.0. The summed E-state index contributed by atoms with van der Waals surface area (Å²) < 4.78 is 22.9. The summed E-state index contributed by atoms with van der Waals surface area (Å²) in [6, 6.07) is 17.8. The van der Waals surface area contributed by atoms with Crippen LogP contribution in [0.15, 0.2) is 59.5 Å². The highest BCUT2D eigenvalue weighted by atomic mass is 32.2. The number of hydrogen-bond donors (Lipinski definition) is 1. The molecule has 2 aromatic carbocycles. The van der Waals surface area contributed by atoms with E-state index in [9.17, 15) is 13.7 Å². The Morgan fingerprint density at radius 2 is 1.86 bits per heavy atom. The third kappa shape index (κ3) is 3.85. The van der Waals surface area contributed by atoms with Crippen molar-refractivity contribution in [2.45, 2.75) is 24.4 Å². The number of anilines is 1. The molecular weight excluding hydrogens is 298 g/mol. The third-order valence-corrected chi connectivity index (χ3v) is 4.23. The molecular formula is C16H17N3O2S. The Morgan fingerprint density at radius 3 is 2.45 bits per heavy atom. The van der Waals surface area contributed by atoms with Crippen LogP contribution in [0.4, 0.5) is 5.69 Å². The lowest BCUT2D eigenvalue weighted by Gasteiger charge is -2.27. The molecule has 22 heavy (non-hydrogen) atoms. The monoisotopic (exact) mass is 315 g/mol. The number of nitriles is 1. The zero-order valence-corrected chi connectivity index (χ0v) is 13.0. The van der Waals surface area contributed by atoms with Crippen molar-refractivity contribution in [2.24, 2.45) is 5.14 Å². The van der Waals surface area contributed by atoms with Crippen LogP contribution in [0.25, 0.3) is 0 Å². The van der Waals surface area contributed by atoms with E-state index in [1.165, 1.54) is 12.1 Å². The van der Waals surface area contributed by atoms with Gasteiger partial charge in [-0.3, -0.25) is 0 Å². The van der Waals surface area contributed by atoms with Gasteiger partial charge in [-0.25, -0.2) is 13.6 Å². The fraction of sp³-hybridized carbons (Fsp3) is 0.188. The molecule has 0 saturated heterocycles. The van der Waals surface area contributed by atoms with Gasteiger partial charge in [0.1, 0.15) is 6.04 Å². The number of sulfonamides is 1. The van der Waals surface area contributed by atoms with Gasteiger partial charge >= 0.3 is 0 Å². The van der Waals surface area contributed by atoms with Gasteiger partial charge in [-0.05, 0) is 36.8 Å². The lowest BCUT2D eigenvalue weighted by molar-refractivity contribution is 0.597. The largest absolute Gasteiger partial charge is 0.351 e. The fourth-order valence-electron chi connectivity index (χ4n) is 2.16. The van der Waals surface area contributed by atoms with Gasteiger partial charge in [-0.2, -0.15) is 5.26 Å². The van der Waals surface area contributed by atoms with E-state index >= 15 is 0 Å². The summed E-state index contributed by atoms with van der Waals surface area (Å²) in [6.07, 6.45) is 0. The van der Waals surface area contributed by atoms with Crippen LogP contribution in [0.5, 0.6) is 0 Å². The van der Waals surface area contributed by atoms with E-state index in [4.69, 9.17) is 5.14 Å². The standard InChI is InChI=1S/C16H17N3O2S/c1-13(11-17)19(15-7-3-2-4-8-15)12-14-6-5-9-16(10-14)22(18,20)21/h2-10,13H,12H2,1H3,(H2,18,20,21). The zero-order valence-electron chi connectivity index (χ0n) is 12.2. The second-order valence-electron chi connectivity index (χ2n) is 4.96. The minimum absolute atomic E-state index is 0.0719. The zero-order chi connectivity index (χ0) is 16.2. The Morgan fingerprint density at radius 1 is 1.18 bits per heavy atom. The van der Waals surface area contributed by atoms with Gasteiger partial charge in [0.2, 0.25) is 10.0 Å². The number of para-hydroxylation sites is 1. The lowest BCUT2D eigenvalue weighted by atomic mass is 10.1. The number of nitrogens with two attached hydrogens (primary N) is 1. The van der Waals surface area contributed by atoms with Crippen LogP contribution >= 0.6 is 0 Å². The highest BCUT2D eigenvalue weighted by molar-refractivity contribution is 7.89. The molecule has 2 N–H and O–H groups in total. The molecule has 0 radical (unpaired) electrons. The number of hydrogen-bond acceptors (Lipinski definition) is 4. The first-order valence-electron chi connectivity index (χ1n) is 6.75. The maximum Gasteiger partial charge on any atom is 0.238 e.